The van der Waals surface area contributed by atoms with Crippen molar-refractivity contribution in [2.45, 2.75) is 0 Å². The number of benzene rings is 12. The molecule has 2 nitrogen and oxygen atoms in total. The maximum absolute atomic E-state index is 2.72. The Hall–Kier alpha value is -9.11. The fraction of sp³-hybridized carbons (Fsp3) is 0. The zero-order valence-electron chi connectivity index (χ0n) is 42.2. The Bertz CT molecular complexity index is 3910. The first-order chi connectivity index (χ1) is 38.2. The highest BCUT2D eigenvalue weighted by molar-refractivity contribution is 7.26. The van der Waals surface area contributed by atoms with Crippen LogP contribution in [-0.2, 0) is 0 Å². The summed E-state index contributed by atoms with van der Waals surface area (Å²) in [6, 6.07) is 114. The van der Waals surface area contributed by atoms with E-state index in [0.717, 1.165) is 11.4 Å². The SMILES string of the molecule is c1ccc([Si]2(c3ccccc3)c3ccccc3N(c3cccc(-c4ccc5sc6ccc(-c7cccc(N8c9ccccc9[Si](c9ccccc9)(c9ccccc9)c9ccccc98)c7)cc6c5c4)c3)c3ccccc32)cc1. The maximum Gasteiger partial charge on any atom is 0.184 e. The van der Waals surface area contributed by atoms with Crippen LogP contribution in [0.5, 0.6) is 0 Å². The molecule has 0 amide bonds. The molecule has 77 heavy (non-hydrogen) atoms. The summed E-state index contributed by atoms with van der Waals surface area (Å²) in [6.07, 6.45) is 0. The second kappa shape index (κ2) is 18.3. The van der Waals surface area contributed by atoms with Gasteiger partial charge in [-0.05, 0) is 137 Å². The maximum atomic E-state index is 2.51. The van der Waals surface area contributed by atoms with E-state index >= 15 is 0 Å². The molecule has 5 heteroatoms. The van der Waals surface area contributed by atoms with E-state index in [1.54, 1.807) is 0 Å². The highest BCUT2D eigenvalue weighted by Gasteiger charge is 2.50. The van der Waals surface area contributed by atoms with Crippen LogP contribution in [0.4, 0.5) is 34.1 Å². The van der Waals surface area contributed by atoms with Crippen LogP contribution in [0, 0.1) is 0 Å². The van der Waals surface area contributed by atoms with Gasteiger partial charge in [0.2, 0.25) is 0 Å². The van der Waals surface area contributed by atoms with Crippen LogP contribution in [0.3, 0.4) is 0 Å². The van der Waals surface area contributed by atoms with E-state index in [0.29, 0.717) is 0 Å². The van der Waals surface area contributed by atoms with Gasteiger partial charge in [-0.15, -0.1) is 11.3 Å². The number of thiophene rings is 1. The molecule has 362 valence electrons. The summed E-state index contributed by atoms with van der Waals surface area (Å²) in [5.41, 5.74) is 12.0. The number of rotatable bonds is 8. The van der Waals surface area contributed by atoms with Crippen LogP contribution >= 0.6 is 11.3 Å². The van der Waals surface area contributed by atoms with Gasteiger partial charge in [-0.25, -0.2) is 0 Å². The van der Waals surface area contributed by atoms with Gasteiger partial charge in [0.25, 0.3) is 0 Å². The zero-order chi connectivity index (χ0) is 50.9. The van der Waals surface area contributed by atoms with E-state index in [1.165, 1.54) is 107 Å². The summed E-state index contributed by atoms with van der Waals surface area (Å²) < 4.78 is 2.58. The second-order valence-electron chi connectivity index (χ2n) is 20.3. The van der Waals surface area contributed by atoms with E-state index in [4.69, 9.17) is 0 Å². The van der Waals surface area contributed by atoms with E-state index in [-0.39, 0.29) is 0 Å². The van der Waals surface area contributed by atoms with E-state index in [1.807, 2.05) is 11.3 Å². The van der Waals surface area contributed by atoms with Gasteiger partial charge >= 0.3 is 0 Å². The van der Waals surface area contributed by atoms with Crippen molar-refractivity contribution in [1.82, 2.24) is 0 Å². The Morgan fingerprint density at radius 2 is 0.519 bits per heavy atom. The Labute approximate surface area is 455 Å². The Morgan fingerprint density at radius 1 is 0.234 bits per heavy atom. The van der Waals surface area contributed by atoms with Crippen LogP contribution in [0.1, 0.15) is 0 Å². The fourth-order valence-corrected chi connectivity index (χ4v) is 24.4. The van der Waals surface area contributed by atoms with Crippen LogP contribution < -0.4 is 51.3 Å². The molecule has 0 saturated carbocycles. The number of hydrogen-bond donors (Lipinski definition) is 0. The highest BCUT2D eigenvalue weighted by atomic mass is 32.1. The molecule has 1 aromatic heterocycles. The molecule has 0 unspecified atom stereocenters. The number of nitrogens with zero attached hydrogens (tertiary/aromatic N) is 2. The molecule has 2 aliphatic heterocycles. The van der Waals surface area contributed by atoms with Gasteiger partial charge in [0.15, 0.2) is 16.1 Å². The van der Waals surface area contributed by atoms with Crippen molar-refractivity contribution in [3.8, 4) is 22.3 Å². The summed E-state index contributed by atoms with van der Waals surface area (Å²) in [5, 5.41) is 13.7. The molecule has 0 spiro atoms. The van der Waals surface area contributed by atoms with E-state index in [9.17, 15) is 0 Å². The second-order valence-corrected chi connectivity index (χ2v) is 28.9. The van der Waals surface area contributed by atoms with Gasteiger partial charge < -0.3 is 9.80 Å². The minimum atomic E-state index is -2.72. The molecule has 0 aliphatic carbocycles. The normalized spacial score (nSPS) is 13.9. The third kappa shape index (κ3) is 6.98. The van der Waals surface area contributed by atoms with Crippen molar-refractivity contribution < 1.29 is 0 Å². The molecule has 3 heterocycles. The monoisotopic (exact) mass is 1030 g/mol. The lowest BCUT2D eigenvalue weighted by Gasteiger charge is -2.45. The first kappa shape index (κ1) is 45.3. The molecule has 12 aromatic carbocycles. The van der Waals surface area contributed by atoms with Crippen molar-refractivity contribution in [2.24, 2.45) is 0 Å². The molecule has 15 rings (SSSR count). The van der Waals surface area contributed by atoms with Gasteiger partial charge in [0.05, 0.1) is 0 Å². The molecular formula is C72H50N2SSi2. The molecule has 0 radical (unpaired) electrons. The average molecular weight is 1030 g/mol. The number of fused-ring (bicyclic) bond motifs is 7. The van der Waals surface area contributed by atoms with Gasteiger partial charge in [0.1, 0.15) is 0 Å². The minimum Gasteiger partial charge on any atom is -0.311 e. The zero-order valence-corrected chi connectivity index (χ0v) is 45.0. The Balaban J connectivity index is 0.821. The number of hydrogen-bond acceptors (Lipinski definition) is 3. The van der Waals surface area contributed by atoms with Crippen LogP contribution in [0.25, 0.3) is 42.4 Å². The molecule has 2 aliphatic rings. The third-order valence-electron chi connectivity index (χ3n) is 16.4. The van der Waals surface area contributed by atoms with Gasteiger partial charge in [-0.2, -0.15) is 0 Å². The lowest BCUT2D eigenvalue weighted by Crippen LogP contribution is -2.77. The highest BCUT2D eigenvalue weighted by Crippen LogP contribution is 2.44. The lowest BCUT2D eigenvalue weighted by atomic mass is 9.99. The van der Waals surface area contributed by atoms with Crippen molar-refractivity contribution in [2.75, 3.05) is 9.80 Å². The summed E-state index contributed by atoms with van der Waals surface area (Å²) in [5.74, 6) is 0. The molecular weight excluding hydrogens is 981 g/mol. The van der Waals surface area contributed by atoms with Crippen molar-refractivity contribution in [3.63, 3.8) is 0 Å². The molecule has 0 bridgehead atoms. The summed E-state index contributed by atoms with van der Waals surface area (Å²) >= 11 is 1.87. The summed E-state index contributed by atoms with van der Waals surface area (Å²) in [7, 11) is -5.44. The quantitative estimate of drug-likeness (QED) is 0.140. The van der Waals surface area contributed by atoms with Crippen molar-refractivity contribution in [3.05, 3.63) is 303 Å². The van der Waals surface area contributed by atoms with Crippen molar-refractivity contribution >= 4 is 123 Å². The van der Waals surface area contributed by atoms with E-state index in [2.05, 4.69) is 313 Å². The van der Waals surface area contributed by atoms with Gasteiger partial charge in [-0.3, -0.25) is 0 Å². The molecule has 0 atom stereocenters. The summed E-state index contributed by atoms with van der Waals surface area (Å²) in [6.45, 7) is 0. The third-order valence-corrected chi connectivity index (χ3v) is 27.2. The average Bonchev–Trinajstić information content (AvgIpc) is 3.92. The number of para-hydroxylation sites is 4. The largest absolute Gasteiger partial charge is 0.311 e. The van der Waals surface area contributed by atoms with Gasteiger partial charge in [0, 0.05) is 54.3 Å². The first-order valence-electron chi connectivity index (χ1n) is 26.6. The van der Waals surface area contributed by atoms with Gasteiger partial charge in [-0.1, -0.05) is 231 Å². The van der Waals surface area contributed by atoms with Crippen LogP contribution in [0.15, 0.2) is 303 Å². The topological polar surface area (TPSA) is 6.48 Å². The molecule has 0 saturated heterocycles. The first-order valence-corrected chi connectivity index (χ1v) is 31.4. The Morgan fingerprint density at radius 3 is 0.844 bits per heavy atom. The minimum absolute atomic E-state index is 1.15. The van der Waals surface area contributed by atoms with Crippen molar-refractivity contribution in [1.29, 1.82) is 0 Å². The fourth-order valence-electron chi connectivity index (χ4n) is 13.2. The summed E-state index contributed by atoms with van der Waals surface area (Å²) in [4.78, 5) is 5.02. The molecule has 0 fully saturated rings. The molecule has 0 N–H and O–H groups in total. The van der Waals surface area contributed by atoms with Crippen LogP contribution in [0.2, 0.25) is 0 Å². The Kier molecular flexibility index (Phi) is 10.8. The predicted molar refractivity (Wildman–Crippen MR) is 334 cm³/mol. The molecule has 13 aromatic rings. The predicted octanol–water partition coefficient (Wildman–Crippen LogP) is 13.7. The van der Waals surface area contributed by atoms with Crippen LogP contribution in [-0.4, -0.2) is 16.1 Å². The van der Waals surface area contributed by atoms with E-state index < -0.39 is 16.1 Å². The lowest BCUT2D eigenvalue weighted by molar-refractivity contribution is 1.29. The number of anilines is 6. The smallest absolute Gasteiger partial charge is 0.184 e. The standard InChI is InChI=1S/C72H50N2SSi2/c1-5-27-57(28-6-1)76(58-29-7-2-8-30-58)69-39-17-13-35-63(69)73(64-36-14-18-40-70(64)76)55-25-21-23-51(47-55)53-43-45-67-61(49-53)62-50-54(44-46-68(62)75-67)52-24-22-26-56(48-52)74-65-37-15-19-41-71(65)77(59-31-9-3-10-32-59,60-33-11-4-12-34-60)72-42-20-16-38-66(72)74/h1-50H.